The van der Waals surface area contributed by atoms with Crippen molar-refractivity contribution in [3.05, 3.63) is 54.3 Å². The SMILES string of the molecule is CCC1Oc2ccccc2N(CC(=O)NCC[NH+]2CCN(c3ccccc3F)CC2)C1=O. The van der Waals surface area contributed by atoms with Gasteiger partial charge in [0.25, 0.3) is 5.91 Å². The number of hydrogen-bond donors (Lipinski definition) is 2. The number of nitrogens with zero attached hydrogens (tertiary/aromatic N) is 2. The highest BCUT2D eigenvalue weighted by atomic mass is 19.1. The number of quaternary nitrogens is 1. The number of ether oxygens (including phenoxy) is 1. The molecule has 1 fully saturated rings. The van der Waals surface area contributed by atoms with E-state index in [0.29, 0.717) is 30.1 Å². The van der Waals surface area contributed by atoms with Crippen molar-refractivity contribution in [3.8, 4) is 5.75 Å². The van der Waals surface area contributed by atoms with E-state index in [0.717, 1.165) is 32.7 Å². The van der Waals surface area contributed by atoms with Crippen molar-refractivity contribution in [1.82, 2.24) is 5.32 Å². The number of amides is 2. The number of carbonyl (C=O) groups is 2. The third-order valence-electron chi connectivity index (χ3n) is 6.10. The summed E-state index contributed by atoms with van der Waals surface area (Å²) in [6.07, 6.45) is -0.0130. The smallest absolute Gasteiger partial charge is 0.268 e. The van der Waals surface area contributed by atoms with Gasteiger partial charge in [0, 0.05) is 0 Å². The van der Waals surface area contributed by atoms with E-state index in [-0.39, 0.29) is 24.2 Å². The van der Waals surface area contributed by atoms with Crippen LogP contribution in [0.3, 0.4) is 0 Å². The van der Waals surface area contributed by atoms with Crippen molar-refractivity contribution < 1.29 is 23.6 Å². The van der Waals surface area contributed by atoms with E-state index in [2.05, 4.69) is 10.2 Å². The minimum atomic E-state index is -0.562. The van der Waals surface area contributed by atoms with Gasteiger partial charge in [-0.25, -0.2) is 4.39 Å². The van der Waals surface area contributed by atoms with Gasteiger partial charge in [-0.3, -0.25) is 14.5 Å². The lowest BCUT2D eigenvalue weighted by molar-refractivity contribution is -0.899. The van der Waals surface area contributed by atoms with Crippen LogP contribution in [0, 0.1) is 5.82 Å². The highest BCUT2D eigenvalue weighted by Gasteiger charge is 2.34. The predicted molar refractivity (Wildman–Crippen MR) is 121 cm³/mol. The van der Waals surface area contributed by atoms with Crippen LogP contribution >= 0.6 is 0 Å². The summed E-state index contributed by atoms with van der Waals surface area (Å²) in [6, 6.07) is 14.2. The van der Waals surface area contributed by atoms with Crippen molar-refractivity contribution in [2.45, 2.75) is 19.4 Å². The second-order valence-electron chi connectivity index (χ2n) is 8.20. The van der Waals surface area contributed by atoms with Gasteiger partial charge in [-0.05, 0) is 30.7 Å². The fourth-order valence-electron chi connectivity index (χ4n) is 4.30. The van der Waals surface area contributed by atoms with E-state index < -0.39 is 6.10 Å². The molecule has 1 atom stereocenters. The third kappa shape index (κ3) is 4.85. The summed E-state index contributed by atoms with van der Waals surface area (Å²) in [7, 11) is 0. The first kappa shape index (κ1) is 22.1. The molecule has 170 valence electrons. The summed E-state index contributed by atoms with van der Waals surface area (Å²) in [5, 5.41) is 2.95. The summed E-state index contributed by atoms with van der Waals surface area (Å²) in [5.74, 6) is 0.0715. The average molecular weight is 442 g/mol. The lowest BCUT2D eigenvalue weighted by Crippen LogP contribution is -3.15. The van der Waals surface area contributed by atoms with Gasteiger partial charge in [0.15, 0.2) is 6.10 Å². The monoisotopic (exact) mass is 441 g/mol. The largest absolute Gasteiger partial charge is 0.478 e. The van der Waals surface area contributed by atoms with Gasteiger partial charge in [0.2, 0.25) is 5.91 Å². The van der Waals surface area contributed by atoms with Crippen LogP contribution in [0.25, 0.3) is 0 Å². The second-order valence-corrected chi connectivity index (χ2v) is 8.20. The zero-order valence-electron chi connectivity index (χ0n) is 18.4. The van der Waals surface area contributed by atoms with Crippen molar-refractivity contribution >= 4 is 23.2 Å². The van der Waals surface area contributed by atoms with E-state index in [4.69, 9.17) is 4.74 Å². The van der Waals surface area contributed by atoms with E-state index >= 15 is 0 Å². The fraction of sp³-hybridized carbons (Fsp3) is 0.417. The number of anilines is 2. The molecular weight excluding hydrogens is 411 g/mol. The molecule has 1 saturated heterocycles. The van der Waals surface area contributed by atoms with Crippen LogP contribution in [-0.2, 0) is 9.59 Å². The molecule has 0 aliphatic carbocycles. The van der Waals surface area contributed by atoms with Crippen LogP contribution in [0.5, 0.6) is 5.75 Å². The maximum absolute atomic E-state index is 14.0. The first-order valence-electron chi connectivity index (χ1n) is 11.2. The van der Waals surface area contributed by atoms with Crippen LogP contribution in [0.1, 0.15) is 13.3 Å². The van der Waals surface area contributed by atoms with E-state index in [1.807, 2.05) is 37.3 Å². The van der Waals surface area contributed by atoms with Crippen LogP contribution in [-0.4, -0.2) is 63.7 Å². The molecule has 32 heavy (non-hydrogen) atoms. The van der Waals surface area contributed by atoms with Gasteiger partial charge >= 0.3 is 0 Å². The Morgan fingerprint density at radius 3 is 2.53 bits per heavy atom. The van der Waals surface area contributed by atoms with Crippen LogP contribution < -0.4 is 24.8 Å². The molecule has 1 unspecified atom stereocenters. The molecule has 2 aromatic carbocycles. The summed E-state index contributed by atoms with van der Waals surface area (Å²) in [6.45, 7) is 6.53. The average Bonchev–Trinajstić information content (AvgIpc) is 2.81. The molecule has 0 saturated carbocycles. The number of nitrogens with one attached hydrogen (secondary N) is 2. The molecule has 2 aromatic rings. The van der Waals surface area contributed by atoms with Gasteiger partial charge in [-0.2, -0.15) is 0 Å². The highest BCUT2D eigenvalue weighted by molar-refractivity contribution is 6.03. The number of benzene rings is 2. The Balaban J connectivity index is 1.25. The standard InChI is InChI=1S/C24H29FN4O3/c1-2-21-24(31)29(20-9-5-6-10-22(20)32-21)17-23(30)26-11-12-27-13-15-28(16-14-27)19-8-4-3-7-18(19)25/h3-10,21H,2,11-17H2,1H3,(H,26,30)/p+1. The maximum atomic E-state index is 14.0. The number of carbonyl (C=O) groups excluding carboxylic acids is 2. The predicted octanol–water partition coefficient (Wildman–Crippen LogP) is 0.851. The molecule has 0 radical (unpaired) electrons. The molecule has 2 aliphatic rings. The molecular formula is C24H30FN4O3+. The number of rotatable bonds is 7. The van der Waals surface area contributed by atoms with Crippen LogP contribution in [0.4, 0.5) is 15.8 Å². The van der Waals surface area contributed by atoms with Gasteiger partial charge in [0.05, 0.1) is 50.6 Å². The molecule has 0 spiro atoms. The number of para-hydroxylation sites is 3. The molecule has 7 nitrogen and oxygen atoms in total. The van der Waals surface area contributed by atoms with Gasteiger partial charge in [-0.1, -0.05) is 31.2 Å². The van der Waals surface area contributed by atoms with Crippen molar-refractivity contribution in [3.63, 3.8) is 0 Å². The van der Waals surface area contributed by atoms with Crippen LogP contribution in [0.2, 0.25) is 0 Å². The Kier molecular flexibility index (Phi) is 6.90. The van der Waals surface area contributed by atoms with Gasteiger partial charge in [0.1, 0.15) is 18.1 Å². The normalized spacial score (nSPS) is 18.8. The van der Waals surface area contributed by atoms with E-state index in [1.54, 1.807) is 12.1 Å². The van der Waals surface area contributed by atoms with E-state index in [1.165, 1.54) is 15.9 Å². The minimum Gasteiger partial charge on any atom is -0.478 e. The van der Waals surface area contributed by atoms with Crippen molar-refractivity contribution in [2.75, 3.05) is 55.6 Å². The molecule has 2 aliphatic heterocycles. The maximum Gasteiger partial charge on any atom is 0.268 e. The Morgan fingerprint density at radius 1 is 1.12 bits per heavy atom. The first-order chi connectivity index (χ1) is 15.6. The summed E-state index contributed by atoms with van der Waals surface area (Å²) in [5.41, 5.74) is 1.29. The Morgan fingerprint density at radius 2 is 1.81 bits per heavy atom. The first-order valence-corrected chi connectivity index (χ1v) is 11.2. The summed E-state index contributed by atoms with van der Waals surface area (Å²) < 4.78 is 19.8. The molecule has 2 amide bonds. The molecule has 8 heteroatoms. The topological polar surface area (TPSA) is 66.3 Å². The quantitative estimate of drug-likeness (QED) is 0.669. The molecule has 2 heterocycles. The minimum absolute atomic E-state index is 0.0217. The summed E-state index contributed by atoms with van der Waals surface area (Å²) in [4.78, 5) is 30.3. The van der Waals surface area contributed by atoms with Crippen molar-refractivity contribution in [1.29, 1.82) is 0 Å². The number of hydrogen-bond acceptors (Lipinski definition) is 4. The number of piperazine rings is 1. The lowest BCUT2D eigenvalue weighted by atomic mass is 10.1. The van der Waals surface area contributed by atoms with Crippen molar-refractivity contribution in [2.24, 2.45) is 0 Å². The molecule has 2 N–H and O–H groups in total. The fourth-order valence-corrected chi connectivity index (χ4v) is 4.30. The zero-order valence-corrected chi connectivity index (χ0v) is 18.4. The Bertz CT molecular complexity index is 962. The molecule has 0 bridgehead atoms. The lowest BCUT2D eigenvalue weighted by Gasteiger charge is -2.34. The van der Waals surface area contributed by atoms with E-state index in [9.17, 15) is 14.0 Å². The highest BCUT2D eigenvalue weighted by Crippen LogP contribution is 2.34. The second kappa shape index (κ2) is 9.99. The number of fused-ring (bicyclic) bond motifs is 1. The summed E-state index contributed by atoms with van der Waals surface area (Å²) >= 11 is 0. The molecule has 0 aromatic heterocycles. The molecule has 4 rings (SSSR count). The third-order valence-corrected chi connectivity index (χ3v) is 6.10. The van der Waals surface area contributed by atoms with Gasteiger partial charge in [-0.15, -0.1) is 0 Å². The Hall–Kier alpha value is -3.13. The Labute approximate surface area is 187 Å². The zero-order chi connectivity index (χ0) is 22.5. The number of halogens is 1. The van der Waals surface area contributed by atoms with Crippen LogP contribution in [0.15, 0.2) is 48.5 Å². The van der Waals surface area contributed by atoms with Gasteiger partial charge < -0.3 is 19.9 Å².